The van der Waals surface area contributed by atoms with E-state index < -0.39 is 11.4 Å². The van der Waals surface area contributed by atoms with Crippen LogP contribution in [0.15, 0.2) is 42.5 Å². The summed E-state index contributed by atoms with van der Waals surface area (Å²) in [6, 6.07) is 11.1. The molecule has 2 N–H and O–H groups in total. The van der Waals surface area contributed by atoms with Crippen molar-refractivity contribution >= 4 is 29.1 Å². The van der Waals surface area contributed by atoms with Crippen LogP contribution in [0.4, 0.5) is 4.39 Å². The molecule has 1 aliphatic rings. The smallest absolute Gasteiger partial charge is 0.258 e. The summed E-state index contributed by atoms with van der Waals surface area (Å²) in [7, 11) is 0. The molecule has 0 atom stereocenters. The van der Waals surface area contributed by atoms with Crippen LogP contribution in [-0.2, 0) is 16.8 Å². The van der Waals surface area contributed by atoms with Gasteiger partial charge in [0.05, 0.1) is 5.02 Å². The zero-order valence-corrected chi connectivity index (χ0v) is 19.6. The quantitative estimate of drug-likeness (QED) is 0.469. The maximum absolute atomic E-state index is 13.5. The van der Waals surface area contributed by atoms with E-state index in [4.69, 9.17) is 32.7 Å². The summed E-state index contributed by atoms with van der Waals surface area (Å²) in [5, 5.41) is 10.9. The average molecular weight is 493 g/mol. The lowest BCUT2D eigenvalue weighted by molar-refractivity contribution is -0.126. The van der Waals surface area contributed by atoms with E-state index in [0.29, 0.717) is 35.3 Å². The monoisotopic (exact) mass is 492 g/mol. The maximum atomic E-state index is 13.5. The molecular formula is C23H23Cl2FN4O3. The minimum absolute atomic E-state index is 0.000239. The number of aromatic amines is 1. The van der Waals surface area contributed by atoms with Gasteiger partial charge < -0.3 is 14.8 Å². The van der Waals surface area contributed by atoms with E-state index in [1.165, 1.54) is 12.1 Å². The first-order valence-electron chi connectivity index (χ1n) is 10.3. The summed E-state index contributed by atoms with van der Waals surface area (Å²) < 4.78 is 24.6. The van der Waals surface area contributed by atoms with E-state index in [1.807, 2.05) is 6.92 Å². The molecular weight excluding hydrogens is 470 g/mol. The molecule has 3 aromatic rings. The van der Waals surface area contributed by atoms with Gasteiger partial charge in [0.25, 0.3) is 5.91 Å². The van der Waals surface area contributed by atoms with Crippen LogP contribution in [0.5, 0.6) is 11.5 Å². The Morgan fingerprint density at radius 3 is 2.52 bits per heavy atom. The predicted molar refractivity (Wildman–Crippen MR) is 122 cm³/mol. The van der Waals surface area contributed by atoms with Gasteiger partial charge in [0, 0.05) is 22.0 Å². The first kappa shape index (κ1) is 23.3. The normalized spacial score (nSPS) is 21.8. The van der Waals surface area contributed by atoms with Gasteiger partial charge in [-0.2, -0.15) is 5.10 Å². The standard InChI is InChI=1S/C23H23Cl2FN4O3/c1-22(21-27-19(29-30-21)10-32-15-5-3-14(24)4-6-15)12-23(2,13-22)28-20(31)11-33-16-7-8-17(25)18(26)9-16/h3-9H,10-13H2,1-2H3,(H,28,31)(H,27,29,30). The van der Waals surface area contributed by atoms with Gasteiger partial charge in [0.2, 0.25) is 0 Å². The third-order valence-corrected chi connectivity index (χ3v) is 6.08. The molecule has 0 bridgehead atoms. The number of halogens is 3. The molecule has 0 saturated heterocycles. The van der Waals surface area contributed by atoms with Crippen LogP contribution in [-0.4, -0.2) is 33.2 Å². The van der Waals surface area contributed by atoms with E-state index in [1.54, 1.807) is 24.3 Å². The molecule has 1 amide bonds. The van der Waals surface area contributed by atoms with Crippen LogP contribution >= 0.6 is 23.2 Å². The number of amides is 1. The van der Waals surface area contributed by atoms with E-state index in [2.05, 4.69) is 27.4 Å². The van der Waals surface area contributed by atoms with Crippen molar-refractivity contribution < 1.29 is 18.7 Å². The van der Waals surface area contributed by atoms with Gasteiger partial charge >= 0.3 is 0 Å². The Morgan fingerprint density at radius 1 is 1.12 bits per heavy atom. The van der Waals surface area contributed by atoms with Crippen LogP contribution in [0.2, 0.25) is 10.0 Å². The van der Waals surface area contributed by atoms with Gasteiger partial charge in [-0.1, -0.05) is 30.1 Å². The SMILES string of the molecule is CC1(NC(=O)COc2ccc(Cl)c(F)c2)CC(C)(c2n[nH]c(COc3ccc(Cl)cc3)n2)C1. The fourth-order valence-electron chi connectivity index (χ4n) is 4.32. The Labute approximate surface area is 200 Å². The number of carbonyl (C=O) groups is 1. The highest BCUT2D eigenvalue weighted by Gasteiger charge is 2.52. The molecule has 1 aliphatic carbocycles. The van der Waals surface area contributed by atoms with Crippen LogP contribution in [0, 0.1) is 5.82 Å². The van der Waals surface area contributed by atoms with E-state index in [-0.39, 0.29) is 35.3 Å². The third kappa shape index (κ3) is 5.57. The second-order valence-electron chi connectivity index (χ2n) is 8.74. The Morgan fingerprint density at radius 2 is 1.82 bits per heavy atom. The number of nitrogens with one attached hydrogen (secondary N) is 2. The number of ether oxygens (including phenoxy) is 2. The van der Waals surface area contributed by atoms with Gasteiger partial charge in [-0.15, -0.1) is 0 Å². The van der Waals surface area contributed by atoms with Crippen LogP contribution in [0.25, 0.3) is 0 Å². The van der Waals surface area contributed by atoms with Gasteiger partial charge in [-0.25, -0.2) is 9.37 Å². The Bertz CT molecular complexity index is 1150. The molecule has 10 heteroatoms. The third-order valence-electron chi connectivity index (χ3n) is 5.52. The minimum atomic E-state index is -0.597. The molecule has 0 aliphatic heterocycles. The van der Waals surface area contributed by atoms with Gasteiger partial charge in [0.15, 0.2) is 18.3 Å². The second kappa shape index (κ2) is 9.19. The Hall–Kier alpha value is -2.84. The van der Waals surface area contributed by atoms with Crippen molar-refractivity contribution in [3.05, 3.63) is 70.0 Å². The highest BCUT2D eigenvalue weighted by molar-refractivity contribution is 6.30. The molecule has 1 aromatic heterocycles. The van der Waals surface area contributed by atoms with Crippen molar-refractivity contribution in [1.29, 1.82) is 0 Å². The topological polar surface area (TPSA) is 89.1 Å². The largest absolute Gasteiger partial charge is 0.486 e. The number of benzene rings is 2. The maximum Gasteiger partial charge on any atom is 0.258 e. The highest BCUT2D eigenvalue weighted by atomic mass is 35.5. The number of carbonyl (C=O) groups excluding carboxylic acids is 1. The Kier molecular flexibility index (Phi) is 6.50. The van der Waals surface area contributed by atoms with Crippen LogP contribution in [0.3, 0.4) is 0 Å². The first-order chi connectivity index (χ1) is 15.6. The lowest BCUT2D eigenvalue weighted by Crippen LogP contribution is -2.62. The highest BCUT2D eigenvalue weighted by Crippen LogP contribution is 2.48. The molecule has 4 rings (SSSR count). The van der Waals surface area contributed by atoms with Crippen LogP contribution in [0.1, 0.15) is 38.3 Å². The molecule has 33 heavy (non-hydrogen) atoms. The van der Waals surface area contributed by atoms with Gasteiger partial charge in [-0.3, -0.25) is 9.89 Å². The Balaban J connectivity index is 1.27. The molecule has 7 nitrogen and oxygen atoms in total. The summed E-state index contributed by atoms with van der Waals surface area (Å²) in [6.07, 6.45) is 1.33. The number of rotatable bonds is 8. The number of hydrogen-bond acceptors (Lipinski definition) is 5. The fraction of sp³-hybridized carbons (Fsp3) is 0.348. The van der Waals surface area contributed by atoms with Crippen molar-refractivity contribution in [3.63, 3.8) is 0 Å². The number of hydrogen-bond donors (Lipinski definition) is 2. The molecule has 1 heterocycles. The van der Waals surface area contributed by atoms with E-state index in [9.17, 15) is 9.18 Å². The predicted octanol–water partition coefficient (Wildman–Crippen LogP) is 4.84. The summed E-state index contributed by atoms with van der Waals surface area (Å²) in [5.41, 5.74) is -0.696. The van der Waals surface area contributed by atoms with Crippen molar-refractivity contribution in [2.24, 2.45) is 0 Å². The second-order valence-corrected chi connectivity index (χ2v) is 9.58. The zero-order valence-electron chi connectivity index (χ0n) is 18.1. The average Bonchev–Trinajstić information content (AvgIpc) is 3.23. The number of H-pyrrole nitrogens is 1. The lowest BCUT2D eigenvalue weighted by Gasteiger charge is -2.51. The van der Waals surface area contributed by atoms with Crippen LogP contribution < -0.4 is 14.8 Å². The fourth-order valence-corrected chi connectivity index (χ4v) is 4.56. The summed E-state index contributed by atoms with van der Waals surface area (Å²) in [6.45, 7) is 4.05. The van der Waals surface area contributed by atoms with E-state index >= 15 is 0 Å². The molecule has 2 aromatic carbocycles. The molecule has 0 radical (unpaired) electrons. The number of nitrogens with zero attached hydrogens (tertiary/aromatic N) is 2. The van der Waals surface area contributed by atoms with E-state index in [0.717, 1.165) is 6.07 Å². The van der Waals surface area contributed by atoms with Crippen molar-refractivity contribution in [1.82, 2.24) is 20.5 Å². The zero-order chi connectivity index (χ0) is 23.6. The first-order valence-corrected chi connectivity index (χ1v) is 11.1. The summed E-state index contributed by atoms with van der Waals surface area (Å²) in [5.74, 6) is 1.33. The molecule has 0 spiro atoms. The molecule has 1 fully saturated rings. The number of aromatic nitrogens is 3. The molecule has 0 unspecified atom stereocenters. The van der Waals surface area contributed by atoms with Gasteiger partial charge in [0.1, 0.15) is 23.9 Å². The molecule has 1 saturated carbocycles. The van der Waals surface area contributed by atoms with Crippen molar-refractivity contribution in [2.75, 3.05) is 6.61 Å². The van der Waals surface area contributed by atoms with Crippen molar-refractivity contribution in [2.45, 2.75) is 44.2 Å². The summed E-state index contributed by atoms with van der Waals surface area (Å²) >= 11 is 11.5. The van der Waals surface area contributed by atoms with Gasteiger partial charge in [-0.05, 0) is 56.2 Å². The van der Waals surface area contributed by atoms with Crippen molar-refractivity contribution in [3.8, 4) is 11.5 Å². The lowest BCUT2D eigenvalue weighted by atomic mass is 9.58. The summed E-state index contributed by atoms with van der Waals surface area (Å²) in [4.78, 5) is 16.9. The minimum Gasteiger partial charge on any atom is -0.486 e. The molecule has 174 valence electrons.